The number of fused-ring (bicyclic) bond motifs is 4. The summed E-state index contributed by atoms with van der Waals surface area (Å²) in [6.45, 7) is 1.44. The number of anilines is 2. The predicted octanol–water partition coefficient (Wildman–Crippen LogP) is 4.09. The Kier molecular flexibility index (Phi) is 5.20. The quantitative estimate of drug-likeness (QED) is 0.257. The van der Waals surface area contributed by atoms with Crippen molar-refractivity contribution < 1.29 is 14.3 Å². The fourth-order valence-electron chi connectivity index (χ4n) is 6.28. The molecule has 0 unspecified atom stereocenters. The molecule has 12 heteroatoms. The fraction of sp³-hybridized carbons (Fsp3) is 0.286. The largest absolute Gasteiger partial charge is 0.477 e. The van der Waals surface area contributed by atoms with Crippen LogP contribution in [0.2, 0.25) is 5.02 Å². The zero-order valence-corrected chi connectivity index (χ0v) is 22.4. The van der Waals surface area contributed by atoms with Crippen LogP contribution >= 0.6 is 11.6 Å². The molecule has 0 bridgehead atoms. The molecule has 1 aliphatic heterocycles. The van der Waals surface area contributed by atoms with Gasteiger partial charge in [-0.3, -0.25) is 4.79 Å². The minimum atomic E-state index is -1.31. The van der Waals surface area contributed by atoms with Crippen LogP contribution in [0.15, 0.2) is 35.5 Å². The summed E-state index contributed by atoms with van der Waals surface area (Å²) in [5, 5.41) is 13.9. The van der Waals surface area contributed by atoms with Crippen molar-refractivity contribution >= 4 is 61.9 Å². The maximum atomic E-state index is 15.0. The van der Waals surface area contributed by atoms with Crippen LogP contribution < -0.4 is 21.4 Å². The number of nitrogens with one attached hydrogen (secondary N) is 2. The minimum Gasteiger partial charge on any atom is -0.477 e. The zero-order chi connectivity index (χ0) is 28.1. The number of nitrogens with zero attached hydrogens (tertiary/aromatic N) is 4. The average molecular weight is 562 g/mol. The maximum absolute atomic E-state index is 15.0. The number of aryl methyl sites for hydroxylation is 1. The summed E-state index contributed by atoms with van der Waals surface area (Å²) < 4.78 is 16.6. The van der Waals surface area contributed by atoms with Gasteiger partial charge >= 0.3 is 5.97 Å². The van der Waals surface area contributed by atoms with Gasteiger partial charge in [0.1, 0.15) is 22.7 Å². The van der Waals surface area contributed by atoms with Crippen molar-refractivity contribution in [2.45, 2.75) is 18.9 Å². The van der Waals surface area contributed by atoms with Crippen LogP contribution in [0.25, 0.3) is 44.1 Å². The van der Waals surface area contributed by atoms with E-state index in [2.05, 4.69) is 25.2 Å². The third-order valence-electron chi connectivity index (χ3n) is 8.54. The molecule has 10 nitrogen and oxygen atoms in total. The first-order chi connectivity index (χ1) is 19.1. The summed E-state index contributed by atoms with van der Waals surface area (Å²) >= 11 is 6.61. The number of pyridine rings is 3. The number of carboxylic acid groups (broad SMARTS) is 1. The average Bonchev–Trinajstić information content (AvgIpc) is 3.25. The number of rotatable bonds is 4. The second-order valence-corrected chi connectivity index (χ2v) is 11.2. The Morgan fingerprint density at radius 2 is 2.08 bits per heavy atom. The predicted molar refractivity (Wildman–Crippen MR) is 153 cm³/mol. The molecule has 1 saturated heterocycles. The number of hydrogen-bond acceptors (Lipinski definition) is 7. The molecule has 4 aromatic heterocycles. The van der Waals surface area contributed by atoms with E-state index in [0.29, 0.717) is 50.9 Å². The van der Waals surface area contributed by atoms with Crippen molar-refractivity contribution in [3.05, 3.63) is 57.3 Å². The SMILES string of the molecule is CNc1cc(F)c(Cl)c2c1[nH]c1ncc(-c3cnc4c(c3)c(=O)c(C(=O)O)cn4C)c(N3CC[C@@]4(C[C@H]4N)C3)c12. The molecule has 1 aliphatic carbocycles. The van der Waals surface area contributed by atoms with E-state index in [1.54, 1.807) is 32.6 Å². The van der Waals surface area contributed by atoms with Gasteiger partial charge in [-0.25, -0.2) is 19.2 Å². The van der Waals surface area contributed by atoms with Gasteiger partial charge in [-0.1, -0.05) is 11.6 Å². The van der Waals surface area contributed by atoms with Gasteiger partial charge in [-0.15, -0.1) is 0 Å². The molecule has 2 aliphatic rings. The van der Waals surface area contributed by atoms with Crippen molar-refractivity contribution in [1.82, 2.24) is 19.5 Å². The fourth-order valence-corrected chi connectivity index (χ4v) is 6.52. The number of carboxylic acids is 1. The van der Waals surface area contributed by atoms with E-state index in [-0.39, 0.29) is 27.4 Å². The van der Waals surface area contributed by atoms with Gasteiger partial charge < -0.3 is 30.6 Å². The second-order valence-electron chi connectivity index (χ2n) is 10.8. The highest BCUT2D eigenvalue weighted by Crippen LogP contribution is 2.54. The third kappa shape index (κ3) is 3.37. The number of nitrogens with two attached hydrogens (primary N) is 1. The zero-order valence-electron chi connectivity index (χ0n) is 21.7. The van der Waals surface area contributed by atoms with Crippen molar-refractivity contribution in [2.75, 3.05) is 30.4 Å². The summed E-state index contributed by atoms with van der Waals surface area (Å²) in [6, 6.07) is 3.12. The summed E-state index contributed by atoms with van der Waals surface area (Å²) in [5.74, 6) is -1.87. The van der Waals surface area contributed by atoms with Gasteiger partial charge in [0, 0.05) is 79.8 Å². The van der Waals surface area contributed by atoms with Gasteiger partial charge in [0.2, 0.25) is 5.43 Å². The van der Waals surface area contributed by atoms with Crippen LogP contribution in [-0.4, -0.2) is 56.8 Å². The first-order valence-electron chi connectivity index (χ1n) is 12.9. The summed E-state index contributed by atoms with van der Waals surface area (Å²) in [6.07, 6.45) is 6.46. The summed E-state index contributed by atoms with van der Waals surface area (Å²) in [5.41, 5.74) is 9.49. The van der Waals surface area contributed by atoms with Crippen LogP contribution in [0.3, 0.4) is 0 Å². The Balaban J connectivity index is 1.56. The second kappa shape index (κ2) is 8.39. The van der Waals surface area contributed by atoms with Crippen molar-refractivity contribution in [2.24, 2.45) is 18.2 Å². The van der Waals surface area contributed by atoms with Gasteiger partial charge in [-0.2, -0.15) is 0 Å². The molecule has 1 saturated carbocycles. The van der Waals surface area contributed by atoms with Gasteiger partial charge in [-0.05, 0) is 18.9 Å². The van der Waals surface area contributed by atoms with Crippen LogP contribution in [-0.2, 0) is 7.05 Å². The third-order valence-corrected chi connectivity index (χ3v) is 8.91. The number of aromatic amines is 1. The number of hydrogen-bond donors (Lipinski definition) is 4. The first-order valence-corrected chi connectivity index (χ1v) is 13.2. The molecule has 1 spiro atoms. The Labute approximate surface area is 231 Å². The highest BCUT2D eigenvalue weighted by molar-refractivity contribution is 6.39. The Morgan fingerprint density at radius 3 is 2.75 bits per heavy atom. The van der Waals surface area contributed by atoms with E-state index in [1.807, 2.05) is 0 Å². The van der Waals surface area contributed by atoms with E-state index in [0.717, 1.165) is 25.1 Å². The highest BCUT2D eigenvalue weighted by Gasteiger charge is 2.56. The summed E-state index contributed by atoms with van der Waals surface area (Å²) in [7, 11) is 3.35. The highest BCUT2D eigenvalue weighted by atomic mass is 35.5. The molecule has 0 amide bonds. The molecule has 5 aromatic rings. The molecule has 5 heterocycles. The number of H-pyrrole nitrogens is 1. The molecule has 0 radical (unpaired) electrons. The first kappa shape index (κ1) is 24.8. The lowest BCUT2D eigenvalue weighted by molar-refractivity contribution is 0.0695. The Hall–Kier alpha value is -4.22. The van der Waals surface area contributed by atoms with Gasteiger partial charge in [0.05, 0.1) is 32.7 Å². The van der Waals surface area contributed by atoms with Crippen LogP contribution in [0.5, 0.6) is 0 Å². The normalized spacial score (nSPS) is 20.3. The van der Waals surface area contributed by atoms with Crippen molar-refractivity contribution in [3.8, 4) is 11.1 Å². The topological polar surface area (TPSA) is 142 Å². The smallest absolute Gasteiger partial charge is 0.341 e. The Bertz CT molecular complexity index is 1990. The van der Waals surface area contributed by atoms with Crippen LogP contribution in [0.1, 0.15) is 23.2 Å². The lowest BCUT2D eigenvalue weighted by atomic mass is 10.0. The number of halogens is 2. The van der Waals surface area contributed by atoms with E-state index in [9.17, 15) is 14.7 Å². The van der Waals surface area contributed by atoms with Crippen molar-refractivity contribution in [1.29, 1.82) is 0 Å². The molecule has 7 rings (SSSR count). The van der Waals surface area contributed by atoms with E-state index >= 15 is 4.39 Å². The molecule has 2 fully saturated rings. The number of carbonyl (C=O) groups is 1. The van der Waals surface area contributed by atoms with Crippen molar-refractivity contribution in [3.63, 3.8) is 0 Å². The van der Waals surface area contributed by atoms with Gasteiger partial charge in [0.15, 0.2) is 0 Å². The minimum absolute atomic E-state index is 0.0194. The molecular weight excluding hydrogens is 537 g/mol. The molecule has 2 atom stereocenters. The molecule has 204 valence electrons. The summed E-state index contributed by atoms with van der Waals surface area (Å²) in [4.78, 5) is 39.6. The van der Waals surface area contributed by atoms with E-state index < -0.39 is 17.2 Å². The van der Waals surface area contributed by atoms with Crippen LogP contribution in [0.4, 0.5) is 15.8 Å². The lowest BCUT2D eigenvalue weighted by Crippen LogP contribution is -2.23. The maximum Gasteiger partial charge on any atom is 0.341 e. The van der Waals surface area contributed by atoms with Gasteiger partial charge in [0.25, 0.3) is 0 Å². The lowest BCUT2D eigenvalue weighted by Gasteiger charge is -2.24. The molecule has 1 aromatic carbocycles. The standard InChI is InChI=1S/C28H25ClFN7O3/c1-32-17-6-16(30)21(29)19-20-23(37-4-3-28(11-37)7-18(28)31)14(9-33-25(20)35-22(17)19)12-5-13-24(38)15(27(39)40)10-36(2)26(13)34-8-12/h5-6,8-10,18,32H,3-4,7,11,31H2,1-2H3,(H,33,35)(H,39,40)/t18-,28-/m1/s1. The van der Waals surface area contributed by atoms with E-state index in [4.69, 9.17) is 17.3 Å². The monoisotopic (exact) mass is 561 g/mol. The number of benzene rings is 1. The van der Waals surface area contributed by atoms with Crippen LogP contribution in [0, 0.1) is 11.2 Å². The van der Waals surface area contributed by atoms with E-state index in [1.165, 1.54) is 16.8 Å². The molecule has 5 N–H and O–H groups in total. The number of aromatic nitrogens is 4. The Morgan fingerprint density at radius 1 is 1.30 bits per heavy atom. The molecular formula is C28H25ClFN7O3. The molecule has 40 heavy (non-hydrogen) atoms. The number of aromatic carboxylic acids is 1.